The highest BCUT2D eigenvalue weighted by atomic mass is 16.2. The molecule has 0 bridgehead atoms. The van der Waals surface area contributed by atoms with Gasteiger partial charge in [-0.2, -0.15) is 14.7 Å². The molecular formula is C14H23N5O. The Morgan fingerprint density at radius 1 is 1.40 bits per heavy atom. The minimum atomic E-state index is -0.288. The van der Waals surface area contributed by atoms with Crippen molar-refractivity contribution < 1.29 is 0 Å². The van der Waals surface area contributed by atoms with E-state index >= 15 is 0 Å². The number of nitrogens with one attached hydrogen (secondary N) is 2. The van der Waals surface area contributed by atoms with Crippen LogP contribution in [0.5, 0.6) is 0 Å². The zero-order valence-corrected chi connectivity index (χ0v) is 12.4. The number of aromatic nitrogens is 4. The normalized spacial score (nSPS) is 13.2. The summed E-state index contributed by atoms with van der Waals surface area (Å²) in [5.74, 6) is 0.629. The summed E-state index contributed by atoms with van der Waals surface area (Å²) < 4.78 is 1.32. The molecule has 2 aromatic heterocycles. The largest absolute Gasteiger partial charge is 0.364 e. The van der Waals surface area contributed by atoms with Gasteiger partial charge in [0.05, 0.1) is 5.69 Å². The van der Waals surface area contributed by atoms with Gasteiger partial charge in [0.25, 0.3) is 0 Å². The first-order valence-electron chi connectivity index (χ1n) is 7.27. The van der Waals surface area contributed by atoms with Crippen LogP contribution in [0.2, 0.25) is 0 Å². The minimum Gasteiger partial charge on any atom is -0.314 e. The Kier molecular flexibility index (Phi) is 4.89. The zero-order valence-electron chi connectivity index (χ0n) is 12.4. The van der Waals surface area contributed by atoms with E-state index in [9.17, 15) is 4.79 Å². The van der Waals surface area contributed by atoms with E-state index in [2.05, 4.69) is 41.4 Å². The van der Waals surface area contributed by atoms with Gasteiger partial charge in [-0.25, -0.2) is 9.89 Å². The van der Waals surface area contributed by atoms with Crippen molar-refractivity contribution in [2.75, 3.05) is 6.54 Å². The van der Waals surface area contributed by atoms with E-state index in [0.717, 1.165) is 31.5 Å². The Balaban J connectivity index is 2.14. The highest BCUT2D eigenvalue weighted by Crippen LogP contribution is 2.10. The van der Waals surface area contributed by atoms with Crippen molar-refractivity contribution in [1.82, 2.24) is 25.1 Å². The van der Waals surface area contributed by atoms with Crippen molar-refractivity contribution in [2.24, 2.45) is 5.92 Å². The summed E-state index contributed by atoms with van der Waals surface area (Å²) in [4.78, 5) is 11.5. The maximum Gasteiger partial charge on any atom is 0.364 e. The number of H-pyrrole nitrogens is 1. The predicted molar refractivity (Wildman–Crippen MR) is 78.8 cm³/mol. The van der Waals surface area contributed by atoms with Gasteiger partial charge in [0, 0.05) is 12.5 Å². The molecule has 2 heterocycles. The SMILES string of the molecule is CCCNC(Cc1ccc2n[nH]c(=O)n2n1)CC(C)C. The summed E-state index contributed by atoms with van der Waals surface area (Å²) in [6, 6.07) is 4.16. The minimum absolute atomic E-state index is 0.288. The van der Waals surface area contributed by atoms with Gasteiger partial charge in [0.15, 0.2) is 5.65 Å². The van der Waals surface area contributed by atoms with Crippen molar-refractivity contribution in [1.29, 1.82) is 0 Å². The molecule has 20 heavy (non-hydrogen) atoms. The molecule has 0 saturated heterocycles. The fraction of sp³-hybridized carbons (Fsp3) is 0.643. The number of rotatable bonds is 7. The van der Waals surface area contributed by atoms with Crippen molar-refractivity contribution in [3.8, 4) is 0 Å². The molecule has 0 saturated carbocycles. The molecule has 6 heteroatoms. The lowest BCUT2D eigenvalue weighted by atomic mass is 9.99. The predicted octanol–water partition coefficient (Wildman–Crippen LogP) is 1.37. The molecule has 0 aromatic carbocycles. The van der Waals surface area contributed by atoms with E-state index in [-0.39, 0.29) is 5.69 Å². The number of hydrogen-bond donors (Lipinski definition) is 2. The quantitative estimate of drug-likeness (QED) is 0.801. The van der Waals surface area contributed by atoms with Crippen LogP contribution in [0.15, 0.2) is 16.9 Å². The summed E-state index contributed by atoms with van der Waals surface area (Å²) in [6.45, 7) is 7.61. The number of nitrogens with zero attached hydrogens (tertiary/aromatic N) is 3. The molecule has 2 N–H and O–H groups in total. The monoisotopic (exact) mass is 277 g/mol. The lowest BCUT2D eigenvalue weighted by Crippen LogP contribution is -2.33. The van der Waals surface area contributed by atoms with Gasteiger partial charge < -0.3 is 5.32 Å². The molecule has 1 atom stereocenters. The molecule has 1 unspecified atom stereocenters. The number of hydrogen-bond acceptors (Lipinski definition) is 4. The third-order valence-electron chi connectivity index (χ3n) is 3.22. The first kappa shape index (κ1) is 14.7. The molecule has 2 aromatic rings. The standard InChI is InChI=1S/C14H23N5O/c1-4-7-15-12(8-10(2)3)9-11-5-6-13-16-17-14(20)19(13)18-11/h5-6,10,12,15H,4,7-9H2,1-3H3,(H,17,20). The van der Waals surface area contributed by atoms with Gasteiger partial charge in [-0.1, -0.05) is 20.8 Å². The van der Waals surface area contributed by atoms with Crippen LogP contribution < -0.4 is 11.0 Å². The molecule has 0 aliphatic carbocycles. The molecule has 0 spiro atoms. The third-order valence-corrected chi connectivity index (χ3v) is 3.22. The molecule has 110 valence electrons. The van der Waals surface area contributed by atoms with Crippen molar-refractivity contribution in [3.05, 3.63) is 28.3 Å². The van der Waals surface area contributed by atoms with Crippen molar-refractivity contribution >= 4 is 5.65 Å². The van der Waals surface area contributed by atoms with Gasteiger partial charge in [-0.3, -0.25) is 0 Å². The van der Waals surface area contributed by atoms with E-state index < -0.39 is 0 Å². The second-order valence-electron chi connectivity index (χ2n) is 5.61. The number of fused-ring (bicyclic) bond motifs is 1. The summed E-state index contributed by atoms with van der Waals surface area (Å²) in [6.07, 6.45) is 3.04. The van der Waals surface area contributed by atoms with Crippen LogP contribution in [0.25, 0.3) is 5.65 Å². The van der Waals surface area contributed by atoms with Crippen LogP contribution >= 0.6 is 0 Å². The van der Waals surface area contributed by atoms with Crippen LogP contribution in [0, 0.1) is 5.92 Å². The first-order chi connectivity index (χ1) is 9.60. The Bertz CT molecular complexity index is 601. The topological polar surface area (TPSA) is 75.1 Å². The van der Waals surface area contributed by atoms with Gasteiger partial charge in [-0.05, 0) is 37.4 Å². The summed E-state index contributed by atoms with van der Waals surface area (Å²) in [7, 11) is 0. The van der Waals surface area contributed by atoms with Crippen LogP contribution in [-0.4, -0.2) is 32.4 Å². The molecule has 6 nitrogen and oxygen atoms in total. The first-order valence-corrected chi connectivity index (χ1v) is 7.27. The second-order valence-corrected chi connectivity index (χ2v) is 5.61. The molecule has 2 rings (SSSR count). The summed E-state index contributed by atoms with van der Waals surface area (Å²) in [5, 5.41) is 14.2. The van der Waals surface area contributed by atoms with E-state index in [1.165, 1.54) is 4.52 Å². The maximum absolute atomic E-state index is 11.5. The third kappa shape index (κ3) is 3.66. The van der Waals surface area contributed by atoms with Crippen LogP contribution in [0.1, 0.15) is 39.3 Å². The summed E-state index contributed by atoms with van der Waals surface area (Å²) >= 11 is 0. The fourth-order valence-electron chi connectivity index (χ4n) is 2.36. The molecule has 0 fully saturated rings. The Labute approximate surface area is 118 Å². The zero-order chi connectivity index (χ0) is 14.5. The van der Waals surface area contributed by atoms with Crippen LogP contribution in [0.3, 0.4) is 0 Å². The molecule has 0 radical (unpaired) electrons. The van der Waals surface area contributed by atoms with Crippen LogP contribution in [-0.2, 0) is 6.42 Å². The maximum atomic E-state index is 11.5. The lowest BCUT2D eigenvalue weighted by molar-refractivity contribution is 0.412. The molecule has 0 aliphatic rings. The number of aromatic amines is 1. The van der Waals surface area contributed by atoms with Gasteiger partial charge in [-0.15, -0.1) is 0 Å². The Morgan fingerprint density at radius 2 is 2.20 bits per heavy atom. The smallest absolute Gasteiger partial charge is 0.314 e. The van der Waals surface area contributed by atoms with E-state index in [4.69, 9.17) is 0 Å². The highest BCUT2D eigenvalue weighted by Gasteiger charge is 2.13. The van der Waals surface area contributed by atoms with Crippen LogP contribution in [0.4, 0.5) is 0 Å². The van der Waals surface area contributed by atoms with E-state index in [1.807, 2.05) is 12.1 Å². The van der Waals surface area contributed by atoms with Gasteiger partial charge in [0.1, 0.15) is 0 Å². The van der Waals surface area contributed by atoms with E-state index in [0.29, 0.717) is 17.6 Å². The lowest BCUT2D eigenvalue weighted by Gasteiger charge is -2.20. The van der Waals surface area contributed by atoms with Gasteiger partial charge in [0.2, 0.25) is 0 Å². The van der Waals surface area contributed by atoms with E-state index in [1.54, 1.807) is 0 Å². The Hall–Kier alpha value is -1.69. The second kappa shape index (κ2) is 6.65. The Morgan fingerprint density at radius 3 is 2.90 bits per heavy atom. The summed E-state index contributed by atoms with van der Waals surface area (Å²) in [5.41, 5.74) is 1.18. The average molecular weight is 277 g/mol. The highest BCUT2D eigenvalue weighted by molar-refractivity contribution is 5.34. The van der Waals surface area contributed by atoms with Crippen molar-refractivity contribution in [3.63, 3.8) is 0 Å². The molecule has 0 aliphatic heterocycles. The van der Waals surface area contributed by atoms with Crippen molar-refractivity contribution in [2.45, 2.75) is 46.1 Å². The average Bonchev–Trinajstić information content (AvgIpc) is 2.77. The molecule has 0 amide bonds. The van der Waals surface area contributed by atoms with Gasteiger partial charge >= 0.3 is 5.69 Å². The molecular weight excluding hydrogens is 254 g/mol. The fourth-order valence-corrected chi connectivity index (χ4v) is 2.36.